The molecule has 5 nitrogen and oxygen atoms in total. The second-order valence-electron chi connectivity index (χ2n) is 6.49. The molecule has 0 saturated carbocycles. The van der Waals surface area contributed by atoms with Crippen molar-refractivity contribution in [2.45, 2.75) is 19.4 Å². The van der Waals surface area contributed by atoms with E-state index in [0.717, 1.165) is 47.7 Å². The molecule has 0 radical (unpaired) electrons. The molecule has 0 atom stereocenters. The summed E-state index contributed by atoms with van der Waals surface area (Å²) in [4.78, 5) is 21.9. The molecule has 0 unspecified atom stereocenters. The molecule has 3 heterocycles. The first-order chi connectivity index (χ1) is 13.2. The Hall–Kier alpha value is -3.06. The lowest BCUT2D eigenvalue weighted by Crippen LogP contribution is -2.20. The Morgan fingerprint density at radius 1 is 1.11 bits per heavy atom. The SMILES string of the molecule is O=c1c2cc(Nc3nc(-c4ccc(F)cc4)cs3)ccc2nc2n1CCC2. The number of fused-ring (bicyclic) bond motifs is 2. The maximum absolute atomic E-state index is 13.1. The number of nitrogens with one attached hydrogen (secondary N) is 1. The number of aryl methyl sites for hydroxylation is 1. The fourth-order valence-corrected chi connectivity index (χ4v) is 4.11. The highest BCUT2D eigenvalue weighted by Gasteiger charge is 2.16. The summed E-state index contributed by atoms with van der Waals surface area (Å²) in [5.74, 6) is 0.604. The molecule has 4 aromatic rings. The van der Waals surface area contributed by atoms with Crippen LogP contribution in [0, 0.1) is 5.82 Å². The lowest BCUT2D eigenvalue weighted by Gasteiger charge is -2.07. The molecule has 0 fully saturated rings. The third kappa shape index (κ3) is 2.90. The van der Waals surface area contributed by atoms with E-state index in [2.05, 4.69) is 15.3 Å². The molecule has 7 heteroatoms. The minimum atomic E-state index is -0.269. The summed E-state index contributed by atoms with van der Waals surface area (Å²) in [5.41, 5.74) is 3.17. The standard InChI is InChI=1S/C20H15FN4OS/c21-13-5-3-12(4-6-13)17-11-27-20(24-17)22-14-7-8-16-15(10-14)19(26)25-9-1-2-18(25)23-16/h3-8,10-11H,1-2,9H2,(H,22,24). The first-order valence-corrected chi connectivity index (χ1v) is 9.57. The fraction of sp³-hybridized carbons (Fsp3) is 0.150. The Bertz CT molecular complexity index is 1210. The van der Waals surface area contributed by atoms with Crippen LogP contribution in [0.5, 0.6) is 0 Å². The van der Waals surface area contributed by atoms with Gasteiger partial charge in [0, 0.05) is 29.6 Å². The summed E-state index contributed by atoms with van der Waals surface area (Å²) in [6.45, 7) is 0.738. The molecule has 0 amide bonds. The van der Waals surface area contributed by atoms with Crippen molar-refractivity contribution >= 4 is 33.1 Å². The second kappa shape index (κ2) is 6.28. The van der Waals surface area contributed by atoms with Gasteiger partial charge in [0.2, 0.25) is 0 Å². The summed E-state index contributed by atoms with van der Waals surface area (Å²) in [5, 5.41) is 6.49. The van der Waals surface area contributed by atoms with Crippen molar-refractivity contribution in [2.75, 3.05) is 5.32 Å². The lowest BCUT2D eigenvalue weighted by atomic mass is 10.2. The molecule has 1 N–H and O–H groups in total. The van der Waals surface area contributed by atoms with Gasteiger partial charge in [-0.05, 0) is 48.9 Å². The zero-order valence-corrected chi connectivity index (χ0v) is 15.1. The average molecular weight is 378 g/mol. The van der Waals surface area contributed by atoms with Crippen LogP contribution in [0.3, 0.4) is 0 Å². The number of benzene rings is 2. The molecule has 0 bridgehead atoms. The molecule has 2 aromatic heterocycles. The smallest absolute Gasteiger partial charge is 0.261 e. The van der Waals surface area contributed by atoms with E-state index < -0.39 is 0 Å². The highest BCUT2D eigenvalue weighted by Crippen LogP contribution is 2.28. The normalized spacial score (nSPS) is 13.1. The van der Waals surface area contributed by atoms with E-state index in [-0.39, 0.29) is 11.4 Å². The Morgan fingerprint density at radius 3 is 2.81 bits per heavy atom. The first kappa shape index (κ1) is 16.1. The van der Waals surface area contributed by atoms with Gasteiger partial charge in [-0.25, -0.2) is 14.4 Å². The van der Waals surface area contributed by atoms with Crippen molar-refractivity contribution in [3.8, 4) is 11.3 Å². The van der Waals surface area contributed by atoms with Gasteiger partial charge in [-0.15, -0.1) is 11.3 Å². The maximum Gasteiger partial charge on any atom is 0.261 e. The van der Waals surface area contributed by atoms with Gasteiger partial charge < -0.3 is 5.32 Å². The number of halogens is 1. The second-order valence-corrected chi connectivity index (χ2v) is 7.35. The number of hydrogen-bond acceptors (Lipinski definition) is 5. The predicted octanol–water partition coefficient (Wildman–Crippen LogP) is 4.35. The highest BCUT2D eigenvalue weighted by atomic mass is 32.1. The molecule has 5 rings (SSSR count). The van der Waals surface area contributed by atoms with E-state index in [1.54, 1.807) is 16.7 Å². The zero-order valence-electron chi connectivity index (χ0n) is 14.3. The van der Waals surface area contributed by atoms with Gasteiger partial charge in [0.25, 0.3) is 5.56 Å². The topological polar surface area (TPSA) is 59.8 Å². The maximum atomic E-state index is 13.1. The number of nitrogens with zero attached hydrogens (tertiary/aromatic N) is 3. The van der Waals surface area contributed by atoms with E-state index in [4.69, 9.17) is 0 Å². The van der Waals surface area contributed by atoms with E-state index in [1.165, 1.54) is 23.5 Å². The Balaban J connectivity index is 1.47. The average Bonchev–Trinajstić information content (AvgIpc) is 3.33. The van der Waals surface area contributed by atoms with Crippen LogP contribution in [0.4, 0.5) is 15.2 Å². The van der Waals surface area contributed by atoms with Gasteiger partial charge >= 0.3 is 0 Å². The Labute approximate surface area is 158 Å². The Kier molecular flexibility index (Phi) is 3.75. The molecule has 2 aromatic carbocycles. The number of anilines is 2. The van der Waals surface area contributed by atoms with E-state index >= 15 is 0 Å². The summed E-state index contributed by atoms with van der Waals surface area (Å²) in [6, 6.07) is 11.9. The molecule has 134 valence electrons. The minimum Gasteiger partial charge on any atom is -0.332 e. The van der Waals surface area contributed by atoms with Crippen molar-refractivity contribution < 1.29 is 4.39 Å². The van der Waals surface area contributed by atoms with Gasteiger partial charge in [-0.1, -0.05) is 0 Å². The molecule has 27 heavy (non-hydrogen) atoms. The molecule has 1 aliphatic rings. The van der Waals surface area contributed by atoms with Gasteiger partial charge in [-0.3, -0.25) is 9.36 Å². The van der Waals surface area contributed by atoms with Crippen LogP contribution in [-0.4, -0.2) is 14.5 Å². The highest BCUT2D eigenvalue weighted by molar-refractivity contribution is 7.14. The van der Waals surface area contributed by atoms with Crippen molar-refractivity contribution in [1.29, 1.82) is 0 Å². The van der Waals surface area contributed by atoms with Crippen LogP contribution in [0.25, 0.3) is 22.2 Å². The minimum absolute atomic E-state index is 0.0160. The van der Waals surface area contributed by atoms with Crippen molar-refractivity contribution in [1.82, 2.24) is 14.5 Å². The molecule has 0 saturated heterocycles. The monoisotopic (exact) mass is 378 g/mol. The number of rotatable bonds is 3. The summed E-state index contributed by atoms with van der Waals surface area (Å²) in [6.07, 6.45) is 1.82. The summed E-state index contributed by atoms with van der Waals surface area (Å²) in [7, 11) is 0. The molecule has 0 aliphatic carbocycles. The van der Waals surface area contributed by atoms with E-state index in [1.807, 2.05) is 23.6 Å². The van der Waals surface area contributed by atoms with Crippen LogP contribution in [-0.2, 0) is 13.0 Å². The third-order valence-electron chi connectivity index (χ3n) is 4.71. The molecular weight excluding hydrogens is 363 g/mol. The number of thiazole rings is 1. The van der Waals surface area contributed by atoms with Crippen molar-refractivity contribution in [3.63, 3.8) is 0 Å². The van der Waals surface area contributed by atoms with Crippen molar-refractivity contribution in [2.24, 2.45) is 0 Å². The number of hydrogen-bond donors (Lipinski definition) is 1. The van der Waals surface area contributed by atoms with Crippen LogP contribution in [0.15, 0.2) is 52.6 Å². The van der Waals surface area contributed by atoms with Gasteiger partial charge in [0.1, 0.15) is 11.6 Å². The van der Waals surface area contributed by atoms with Gasteiger partial charge in [-0.2, -0.15) is 0 Å². The Morgan fingerprint density at radius 2 is 1.96 bits per heavy atom. The largest absolute Gasteiger partial charge is 0.332 e. The lowest BCUT2D eigenvalue weighted by molar-refractivity contribution is 0.628. The molecule has 0 spiro atoms. The molecule has 1 aliphatic heterocycles. The van der Waals surface area contributed by atoms with Gasteiger partial charge in [0.05, 0.1) is 16.6 Å². The first-order valence-electron chi connectivity index (χ1n) is 8.69. The third-order valence-corrected chi connectivity index (χ3v) is 5.47. The predicted molar refractivity (Wildman–Crippen MR) is 105 cm³/mol. The van der Waals surface area contributed by atoms with Crippen molar-refractivity contribution in [3.05, 3.63) is 69.8 Å². The summed E-state index contributed by atoms with van der Waals surface area (Å²) >= 11 is 1.46. The zero-order chi connectivity index (χ0) is 18.4. The fourth-order valence-electron chi connectivity index (χ4n) is 3.37. The number of aromatic nitrogens is 3. The summed E-state index contributed by atoms with van der Waals surface area (Å²) < 4.78 is 14.8. The molecular formula is C20H15FN4OS. The van der Waals surface area contributed by atoms with Crippen LogP contribution >= 0.6 is 11.3 Å². The van der Waals surface area contributed by atoms with Crippen LogP contribution < -0.4 is 10.9 Å². The van der Waals surface area contributed by atoms with E-state index in [9.17, 15) is 9.18 Å². The quantitative estimate of drug-likeness (QED) is 0.576. The van der Waals surface area contributed by atoms with Gasteiger partial charge in [0.15, 0.2) is 5.13 Å². The van der Waals surface area contributed by atoms with Crippen LogP contribution in [0.2, 0.25) is 0 Å². The van der Waals surface area contributed by atoms with Crippen LogP contribution in [0.1, 0.15) is 12.2 Å². The van der Waals surface area contributed by atoms with E-state index in [0.29, 0.717) is 10.5 Å².